The Labute approximate surface area is 99.8 Å². The minimum Gasteiger partial charge on any atom is -0.494 e. The van der Waals surface area contributed by atoms with Crippen molar-refractivity contribution in [3.05, 3.63) is 24.3 Å². The summed E-state index contributed by atoms with van der Waals surface area (Å²) in [6.07, 6.45) is 0.928. The van der Waals surface area contributed by atoms with E-state index in [1.807, 2.05) is 31.2 Å². The lowest BCUT2D eigenvalue weighted by Crippen LogP contribution is -1.95. The third-order valence-corrected chi connectivity index (χ3v) is 3.00. The van der Waals surface area contributed by atoms with Gasteiger partial charge in [-0.25, -0.2) is 0 Å². The minimum absolute atomic E-state index is 0.234. The van der Waals surface area contributed by atoms with Crippen LogP contribution >= 0.6 is 11.8 Å². The number of hydrogen-bond donors (Lipinski definition) is 1. The standard InChI is InChI=1S/C12H16O3S/c1-2-15-10-5-3-6-11(9-10)16-8-4-7-12(13)14/h3,5-6,9H,2,4,7-8H2,1H3,(H,13,14). The zero-order chi connectivity index (χ0) is 11.8. The van der Waals surface area contributed by atoms with Crippen LogP contribution in [0.3, 0.4) is 0 Å². The van der Waals surface area contributed by atoms with Gasteiger partial charge in [-0.1, -0.05) is 6.07 Å². The van der Waals surface area contributed by atoms with Crippen LogP contribution in [-0.4, -0.2) is 23.4 Å². The fraction of sp³-hybridized carbons (Fsp3) is 0.417. The summed E-state index contributed by atoms with van der Waals surface area (Å²) in [6, 6.07) is 7.86. The third-order valence-electron chi connectivity index (χ3n) is 1.92. The maximum absolute atomic E-state index is 10.3. The molecule has 0 aromatic heterocycles. The van der Waals surface area contributed by atoms with Crippen molar-refractivity contribution in [3.63, 3.8) is 0 Å². The van der Waals surface area contributed by atoms with E-state index in [2.05, 4.69) is 0 Å². The first-order chi connectivity index (χ1) is 7.72. The molecule has 0 amide bonds. The molecule has 4 heteroatoms. The number of ether oxygens (including phenoxy) is 1. The van der Waals surface area contributed by atoms with Gasteiger partial charge in [0.2, 0.25) is 0 Å². The summed E-state index contributed by atoms with van der Waals surface area (Å²) in [7, 11) is 0. The van der Waals surface area contributed by atoms with E-state index in [0.717, 1.165) is 16.4 Å². The zero-order valence-electron chi connectivity index (χ0n) is 9.31. The van der Waals surface area contributed by atoms with Crippen molar-refractivity contribution in [2.75, 3.05) is 12.4 Å². The maximum atomic E-state index is 10.3. The highest BCUT2D eigenvalue weighted by atomic mass is 32.2. The third kappa shape index (κ3) is 5.07. The van der Waals surface area contributed by atoms with E-state index in [1.165, 1.54) is 0 Å². The van der Waals surface area contributed by atoms with Gasteiger partial charge in [0, 0.05) is 11.3 Å². The second kappa shape index (κ2) is 7.17. The van der Waals surface area contributed by atoms with Gasteiger partial charge >= 0.3 is 5.97 Å². The lowest BCUT2D eigenvalue weighted by atomic mass is 10.3. The molecule has 0 aliphatic heterocycles. The molecule has 0 radical (unpaired) electrons. The van der Waals surface area contributed by atoms with Gasteiger partial charge in [-0.05, 0) is 37.3 Å². The van der Waals surface area contributed by atoms with Gasteiger partial charge in [0.05, 0.1) is 6.61 Å². The van der Waals surface area contributed by atoms with E-state index in [4.69, 9.17) is 9.84 Å². The molecule has 16 heavy (non-hydrogen) atoms. The Morgan fingerprint density at radius 2 is 2.31 bits per heavy atom. The highest BCUT2D eigenvalue weighted by molar-refractivity contribution is 7.99. The molecule has 0 aliphatic carbocycles. The summed E-state index contributed by atoms with van der Waals surface area (Å²) in [6.45, 7) is 2.61. The van der Waals surface area contributed by atoms with Crippen LogP contribution in [0, 0.1) is 0 Å². The van der Waals surface area contributed by atoms with Crippen molar-refractivity contribution in [3.8, 4) is 5.75 Å². The first-order valence-corrected chi connectivity index (χ1v) is 6.28. The highest BCUT2D eigenvalue weighted by Gasteiger charge is 1.99. The van der Waals surface area contributed by atoms with Gasteiger partial charge in [-0.15, -0.1) is 11.8 Å². The Bertz CT molecular complexity index is 339. The predicted molar refractivity (Wildman–Crippen MR) is 65.2 cm³/mol. The molecule has 1 aromatic carbocycles. The molecule has 3 nitrogen and oxygen atoms in total. The van der Waals surface area contributed by atoms with Crippen molar-refractivity contribution in [2.24, 2.45) is 0 Å². The van der Waals surface area contributed by atoms with Crippen molar-refractivity contribution in [1.29, 1.82) is 0 Å². The van der Waals surface area contributed by atoms with E-state index in [-0.39, 0.29) is 6.42 Å². The van der Waals surface area contributed by atoms with Gasteiger partial charge in [-0.3, -0.25) is 4.79 Å². The number of thioether (sulfide) groups is 1. The molecule has 0 unspecified atom stereocenters. The Hall–Kier alpha value is -1.16. The Morgan fingerprint density at radius 1 is 1.50 bits per heavy atom. The average Bonchev–Trinajstić information content (AvgIpc) is 2.25. The molecule has 0 aliphatic rings. The summed E-state index contributed by atoms with van der Waals surface area (Å²) in [5, 5.41) is 8.50. The summed E-state index contributed by atoms with van der Waals surface area (Å²) >= 11 is 1.66. The number of hydrogen-bond acceptors (Lipinski definition) is 3. The van der Waals surface area contributed by atoms with Crippen molar-refractivity contribution >= 4 is 17.7 Å². The number of aliphatic carboxylic acids is 1. The molecular formula is C12H16O3S. The number of benzene rings is 1. The fourth-order valence-electron chi connectivity index (χ4n) is 1.23. The van der Waals surface area contributed by atoms with Gasteiger partial charge in [0.25, 0.3) is 0 Å². The van der Waals surface area contributed by atoms with Crippen LogP contribution in [-0.2, 0) is 4.79 Å². The number of carboxylic acids is 1. The predicted octanol–water partition coefficient (Wildman–Crippen LogP) is 3.04. The van der Waals surface area contributed by atoms with Crippen molar-refractivity contribution < 1.29 is 14.6 Å². The zero-order valence-corrected chi connectivity index (χ0v) is 10.1. The van der Waals surface area contributed by atoms with Gasteiger partial charge in [0.1, 0.15) is 5.75 Å². The fourth-order valence-corrected chi connectivity index (χ4v) is 2.13. The average molecular weight is 240 g/mol. The van der Waals surface area contributed by atoms with Gasteiger partial charge in [0.15, 0.2) is 0 Å². The Morgan fingerprint density at radius 3 is 3.00 bits per heavy atom. The molecule has 0 bridgehead atoms. The highest BCUT2D eigenvalue weighted by Crippen LogP contribution is 2.23. The number of carboxylic acid groups (broad SMARTS) is 1. The summed E-state index contributed by atoms with van der Waals surface area (Å²) in [5.74, 6) is 0.955. The second-order valence-corrected chi connectivity index (χ2v) is 4.42. The summed E-state index contributed by atoms with van der Waals surface area (Å²) < 4.78 is 5.38. The van der Waals surface area contributed by atoms with E-state index in [1.54, 1.807) is 11.8 Å². The summed E-state index contributed by atoms with van der Waals surface area (Å²) in [5.41, 5.74) is 0. The lowest BCUT2D eigenvalue weighted by molar-refractivity contribution is -0.137. The minimum atomic E-state index is -0.733. The largest absolute Gasteiger partial charge is 0.494 e. The normalized spacial score (nSPS) is 10.1. The van der Waals surface area contributed by atoms with Crippen LogP contribution < -0.4 is 4.74 Å². The van der Waals surface area contributed by atoms with Crippen LogP contribution in [0.4, 0.5) is 0 Å². The van der Waals surface area contributed by atoms with E-state index >= 15 is 0 Å². The number of carbonyl (C=O) groups is 1. The van der Waals surface area contributed by atoms with Crippen LogP contribution in [0.25, 0.3) is 0 Å². The van der Waals surface area contributed by atoms with Gasteiger partial charge < -0.3 is 9.84 Å². The van der Waals surface area contributed by atoms with Crippen molar-refractivity contribution in [1.82, 2.24) is 0 Å². The van der Waals surface area contributed by atoms with Gasteiger partial charge in [-0.2, -0.15) is 0 Å². The lowest BCUT2D eigenvalue weighted by Gasteiger charge is -2.05. The Balaban J connectivity index is 2.35. The van der Waals surface area contributed by atoms with Crippen LogP contribution in [0.15, 0.2) is 29.2 Å². The molecule has 0 fully saturated rings. The molecule has 0 spiro atoms. The van der Waals surface area contributed by atoms with E-state index < -0.39 is 5.97 Å². The van der Waals surface area contributed by atoms with E-state index in [9.17, 15) is 4.79 Å². The maximum Gasteiger partial charge on any atom is 0.303 e. The van der Waals surface area contributed by atoms with E-state index in [0.29, 0.717) is 13.0 Å². The molecule has 0 saturated carbocycles. The quantitative estimate of drug-likeness (QED) is 0.588. The smallest absolute Gasteiger partial charge is 0.303 e. The first-order valence-electron chi connectivity index (χ1n) is 5.30. The molecule has 1 aromatic rings. The molecule has 0 saturated heterocycles. The monoisotopic (exact) mass is 240 g/mol. The second-order valence-electron chi connectivity index (χ2n) is 3.25. The molecule has 0 atom stereocenters. The van der Waals surface area contributed by atoms with Crippen LogP contribution in [0.5, 0.6) is 5.75 Å². The molecule has 1 rings (SSSR count). The Kier molecular flexibility index (Phi) is 5.78. The summed E-state index contributed by atoms with van der Waals surface area (Å²) in [4.78, 5) is 11.4. The first kappa shape index (κ1) is 12.9. The molecule has 0 heterocycles. The topological polar surface area (TPSA) is 46.5 Å². The van der Waals surface area contributed by atoms with Crippen LogP contribution in [0.1, 0.15) is 19.8 Å². The SMILES string of the molecule is CCOc1cccc(SCCCC(=O)O)c1. The molecule has 1 N–H and O–H groups in total. The van der Waals surface area contributed by atoms with Crippen molar-refractivity contribution in [2.45, 2.75) is 24.7 Å². The number of rotatable bonds is 7. The molecular weight excluding hydrogens is 224 g/mol. The molecule has 88 valence electrons. The van der Waals surface area contributed by atoms with Crippen LogP contribution in [0.2, 0.25) is 0 Å².